The number of quaternary nitrogens is 1. The van der Waals surface area contributed by atoms with Crippen molar-refractivity contribution < 1.29 is 18.8 Å². The molecule has 1 saturated heterocycles. The summed E-state index contributed by atoms with van der Waals surface area (Å²) in [6.07, 6.45) is 7.95. The number of ether oxygens (including phenoxy) is 1. The number of rotatable bonds is 2. The number of hydrogen-bond donors (Lipinski definition) is 1. The SMILES string of the molecule is CC(C)(C)OC(=O)N1CCC(NC(=O)[N+]2(C)C=NC(c3cccnc3)=C2)CC1. The average molecular weight is 386 g/mol. The summed E-state index contributed by atoms with van der Waals surface area (Å²) < 4.78 is 5.37. The van der Waals surface area contributed by atoms with Crippen molar-refractivity contribution in [2.24, 2.45) is 4.99 Å². The highest BCUT2D eigenvalue weighted by atomic mass is 16.6. The van der Waals surface area contributed by atoms with Gasteiger partial charge in [-0.2, -0.15) is 9.48 Å². The number of likely N-dealkylation sites (tertiary alicyclic amines) is 1. The van der Waals surface area contributed by atoms with Crippen molar-refractivity contribution in [3.63, 3.8) is 0 Å². The van der Waals surface area contributed by atoms with Crippen molar-refractivity contribution in [3.8, 4) is 0 Å². The number of carbonyl (C=O) groups excluding carboxylic acids is 2. The number of hydrogen-bond acceptors (Lipinski definition) is 5. The number of carbonyl (C=O) groups is 2. The fourth-order valence-electron chi connectivity index (χ4n) is 3.12. The Morgan fingerprint density at radius 3 is 2.61 bits per heavy atom. The molecule has 1 aromatic heterocycles. The predicted octanol–water partition coefficient (Wildman–Crippen LogP) is 2.98. The highest BCUT2D eigenvalue weighted by Crippen LogP contribution is 2.24. The Labute approximate surface area is 165 Å². The number of piperidine rings is 1. The van der Waals surface area contributed by atoms with E-state index in [1.165, 1.54) is 0 Å². The number of amides is 3. The van der Waals surface area contributed by atoms with E-state index in [4.69, 9.17) is 4.74 Å². The summed E-state index contributed by atoms with van der Waals surface area (Å²) in [6, 6.07) is 3.63. The van der Waals surface area contributed by atoms with Crippen LogP contribution in [-0.4, -0.2) is 64.6 Å². The van der Waals surface area contributed by atoms with Gasteiger partial charge < -0.3 is 15.0 Å². The van der Waals surface area contributed by atoms with Crippen LogP contribution in [0.15, 0.2) is 35.7 Å². The first-order valence-electron chi connectivity index (χ1n) is 9.50. The van der Waals surface area contributed by atoms with E-state index in [0.29, 0.717) is 25.9 Å². The van der Waals surface area contributed by atoms with Gasteiger partial charge in [-0.05, 0) is 45.7 Å². The van der Waals surface area contributed by atoms with E-state index in [0.717, 1.165) is 11.3 Å². The Hall–Kier alpha value is -2.74. The van der Waals surface area contributed by atoms with E-state index in [1.54, 1.807) is 30.7 Å². The van der Waals surface area contributed by atoms with Gasteiger partial charge in [0.05, 0.1) is 7.05 Å². The fraction of sp³-hybridized carbons (Fsp3) is 0.500. The van der Waals surface area contributed by atoms with Crippen LogP contribution in [0.2, 0.25) is 0 Å². The molecule has 0 bridgehead atoms. The van der Waals surface area contributed by atoms with Crippen LogP contribution in [0.25, 0.3) is 5.70 Å². The highest BCUT2D eigenvalue weighted by Gasteiger charge is 2.36. The van der Waals surface area contributed by atoms with Crippen molar-refractivity contribution in [1.29, 1.82) is 0 Å². The van der Waals surface area contributed by atoms with Crippen LogP contribution >= 0.6 is 0 Å². The second kappa shape index (κ2) is 7.71. The Bertz CT molecular complexity index is 792. The third-order valence-corrected chi connectivity index (χ3v) is 4.70. The van der Waals surface area contributed by atoms with Crippen LogP contribution < -0.4 is 5.32 Å². The Morgan fingerprint density at radius 2 is 2.00 bits per heavy atom. The number of aliphatic imine (C=N–C) groups is 1. The summed E-state index contributed by atoms with van der Waals surface area (Å²) in [7, 11) is 1.79. The molecule has 0 aliphatic carbocycles. The van der Waals surface area contributed by atoms with Gasteiger partial charge in [-0.3, -0.25) is 4.98 Å². The summed E-state index contributed by atoms with van der Waals surface area (Å²) in [5.41, 5.74) is 1.10. The number of aromatic nitrogens is 1. The van der Waals surface area contributed by atoms with Crippen molar-refractivity contribution in [1.82, 2.24) is 15.2 Å². The lowest BCUT2D eigenvalue weighted by Crippen LogP contribution is -2.54. The van der Waals surface area contributed by atoms with E-state index >= 15 is 0 Å². The van der Waals surface area contributed by atoms with E-state index < -0.39 is 5.60 Å². The minimum absolute atomic E-state index is 0.0189. The molecule has 3 heterocycles. The van der Waals surface area contributed by atoms with Crippen LogP contribution in [0.4, 0.5) is 9.59 Å². The highest BCUT2D eigenvalue weighted by molar-refractivity contribution is 5.84. The molecule has 3 rings (SSSR count). The lowest BCUT2D eigenvalue weighted by molar-refractivity contribution is -0.665. The molecule has 1 N–H and O–H groups in total. The lowest BCUT2D eigenvalue weighted by atomic mass is 10.1. The second-order valence-corrected chi connectivity index (χ2v) is 8.34. The molecule has 8 nitrogen and oxygen atoms in total. The molecule has 150 valence electrons. The van der Waals surface area contributed by atoms with Gasteiger partial charge in [-0.25, -0.2) is 9.59 Å². The zero-order valence-electron chi connectivity index (χ0n) is 16.9. The molecule has 1 aromatic rings. The van der Waals surface area contributed by atoms with Crippen molar-refractivity contribution >= 4 is 24.2 Å². The summed E-state index contributed by atoms with van der Waals surface area (Å²) in [4.78, 5) is 35.1. The minimum Gasteiger partial charge on any atom is -0.444 e. The van der Waals surface area contributed by atoms with Gasteiger partial charge in [0.1, 0.15) is 17.5 Å². The molecule has 28 heavy (non-hydrogen) atoms. The van der Waals surface area contributed by atoms with Crippen LogP contribution in [-0.2, 0) is 4.74 Å². The van der Waals surface area contributed by atoms with Crippen LogP contribution in [0.5, 0.6) is 0 Å². The maximum Gasteiger partial charge on any atom is 0.427 e. The van der Waals surface area contributed by atoms with Gasteiger partial charge in [-0.1, -0.05) is 0 Å². The number of nitrogens with one attached hydrogen (secondary N) is 1. The van der Waals surface area contributed by atoms with Crippen molar-refractivity contribution in [2.75, 3.05) is 20.1 Å². The van der Waals surface area contributed by atoms with Gasteiger partial charge in [-0.15, -0.1) is 0 Å². The van der Waals surface area contributed by atoms with Crippen LogP contribution in [0.1, 0.15) is 39.2 Å². The quantitative estimate of drug-likeness (QED) is 0.792. The largest absolute Gasteiger partial charge is 0.444 e. The fourth-order valence-corrected chi connectivity index (χ4v) is 3.12. The number of nitrogens with zero attached hydrogens (tertiary/aromatic N) is 4. The molecule has 3 amide bonds. The molecular formula is C20H28N5O3+. The molecule has 2 aliphatic heterocycles. The van der Waals surface area contributed by atoms with Crippen molar-refractivity contribution in [3.05, 3.63) is 36.3 Å². The maximum atomic E-state index is 12.8. The molecule has 0 radical (unpaired) electrons. The van der Waals surface area contributed by atoms with E-state index in [9.17, 15) is 9.59 Å². The second-order valence-electron chi connectivity index (χ2n) is 8.34. The van der Waals surface area contributed by atoms with Crippen molar-refractivity contribution in [2.45, 2.75) is 45.3 Å². The zero-order valence-corrected chi connectivity index (χ0v) is 16.9. The standard InChI is InChI=1S/C20H27N5O3/c1-20(2,3)28-19(27)24-10-7-16(8-11-24)23-18(26)25(4)13-17(22-14-25)15-6-5-9-21-12-15/h5-6,9,12-14,16H,7-8,10-11H2,1-4H3/p+1. The monoisotopic (exact) mass is 386 g/mol. The first kappa shape index (κ1) is 20.0. The summed E-state index contributed by atoms with van der Waals surface area (Å²) >= 11 is 0. The first-order valence-corrected chi connectivity index (χ1v) is 9.50. The van der Waals surface area contributed by atoms with Gasteiger partial charge in [0.15, 0.2) is 0 Å². The molecule has 0 saturated carbocycles. The van der Waals surface area contributed by atoms with E-state index in [-0.39, 0.29) is 22.6 Å². The molecular weight excluding hydrogens is 358 g/mol. The first-order chi connectivity index (χ1) is 13.2. The maximum absolute atomic E-state index is 12.8. The van der Waals surface area contributed by atoms with Gasteiger partial charge in [0.25, 0.3) is 0 Å². The van der Waals surface area contributed by atoms with Gasteiger partial charge in [0, 0.05) is 37.1 Å². The van der Waals surface area contributed by atoms with Gasteiger partial charge >= 0.3 is 12.1 Å². The predicted molar refractivity (Wildman–Crippen MR) is 106 cm³/mol. The molecule has 1 atom stereocenters. The Kier molecular flexibility index (Phi) is 5.51. The Morgan fingerprint density at radius 1 is 1.29 bits per heavy atom. The molecule has 8 heteroatoms. The zero-order chi connectivity index (χ0) is 20.4. The smallest absolute Gasteiger partial charge is 0.427 e. The van der Waals surface area contributed by atoms with E-state index in [1.807, 2.05) is 39.1 Å². The molecule has 0 aromatic carbocycles. The number of pyridine rings is 1. The summed E-state index contributed by atoms with van der Waals surface area (Å²) in [5.74, 6) is 0. The molecule has 1 unspecified atom stereocenters. The normalized spacial score (nSPS) is 22.7. The summed E-state index contributed by atoms with van der Waals surface area (Å²) in [6.45, 7) is 6.69. The Balaban J connectivity index is 1.54. The molecule has 2 aliphatic rings. The third-order valence-electron chi connectivity index (χ3n) is 4.70. The third kappa shape index (κ3) is 4.75. The summed E-state index contributed by atoms with van der Waals surface area (Å²) in [5, 5.41) is 3.08. The average Bonchev–Trinajstić information content (AvgIpc) is 3.05. The minimum atomic E-state index is -0.506. The van der Waals surface area contributed by atoms with Crippen LogP contribution in [0.3, 0.4) is 0 Å². The molecule has 0 spiro atoms. The van der Waals surface area contributed by atoms with Gasteiger partial charge in [0.2, 0.25) is 6.34 Å². The van der Waals surface area contributed by atoms with Crippen LogP contribution in [0, 0.1) is 0 Å². The topological polar surface area (TPSA) is 83.9 Å². The van der Waals surface area contributed by atoms with E-state index in [2.05, 4.69) is 15.3 Å². The molecule has 1 fully saturated rings. The lowest BCUT2D eigenvalue weighted by Gasteiger charge is -2.34. The number of urea groups is 1.